The van der Waals surface area contributed by atoms with Crippen LogP contribution in [0.2, 0.25) is 0 Å². The number of benzene rings is 2. The molecule has 1 atom stereocenters. The number of hydrogen-bond donors (Lipinski definition) is 2. The molecule has 1 saturated carbocycles. The molecular formula is C33H44N6O5. The Morgan fingerprint density at radius 1 is 1.11 bits per heavy atom. The van der Waals surface area contributed by atoms with Gasteiger partial charge in [-0.2, -0.15) is 0 Å². The van der Waals surface area contributed by atoms with Crippen molar-refractivity contribution in [2.45, 2.75) is 70.2 Å². The number of fused-ring (bicyclic) bond motifs is 1. The third kappa shape index (κ3) is 8.35. The summed E-state index contributed by atoms with van der Waals surface area (Å²) in [5.74, 6) is 1.16. The first kappa shape index (κ1) is 31.5. The Hall–Kier alpha value is -3.96. The molecular weight excluding hydrogens is 560 g/mol. The number of hydrogen-bond acceptors (Lipinski definition) is 8. The van der Waals surface area contributed by atoms with Crippen LogP contribution in [0, 0.1) is 0 Å². The van der Waals surface area contributed by atoms with Gasteiger partial charge in [-0.1, -0.05) is 49.6 Å². The molecule has 3 aliphatic rings. The molecule has 0 radical (unpaired) electrons. The van der Waals surface area contributed by atoms with E-state index >= 15 is 0 Å². The molecule has 2 aliphatic heterocycles. The van der Waals surface area contributed by atoms with Crippen LogP contribution in [0.5, 0.6) is 5.75 Å². The van der Waals surface area contributed by atoms with E-state index in [2.05, 4.69) is 10.6 Å². The molecule has 1 saturated heterocycles. The predicted molar refractivity (Wildman–Crippen MR) is 168 cm³/mol. The second-order valence-electron chi connectivity index (χ2n) is 11.6. The Kier molecular flexibility index (Phi) is 11.2. The van der Waals surface area contributed by atoms with Gasteiger partial charge in [-0.25, -0.2) is 9.79 Å². The van der Waals surface area contributed by atoms with E-state index in [0.29, 0.717) is 82.3 Å². The van der Waals surface area contributed by atoms with Crippen molar-refractivity contribution in [1.29, 1.82) is 0 Å². The van der Waals surface area contributed by atoms with E-state index in [1.54, 1.807) is 0 Å². The van der Waals surface area contributed by atoms with Crippen molar-refractivity contribution in [3.63, 3.8) is 0 Å². The van der Waals surface area contributed by atoms with Gasteiger partial charge in [-0.15, -0.1) is 0 Å². The normalized spacial score (nSPS) is 18.0. The highest BCUT2D eigenvalue weighted by Crippen LogP contribution is 2.31. The van der Waals surface area contributed by atoms with Crippen LogP contribution in [0.15, 0.2) is 53.5 Å². The highest BCUT2D eigenvalue weighted by Gasteiger charge is 2.33. The summed E-state index contributed by atoms with van der Waals surface area (Å²) in [6.45, 7) is 3.40. The number of aliphatic imine (C=N–C) groups is 1. The third-order valence-corrected chi connectivity index (χ3v) is 8.59. The third-order valence-electron chi connectivity index (χ3n) is 8.59. The standard InChI is InChI=1S/C33H44N6O5/c1-37(27-11-6-3-7-12-27)31(41)13-8-18-44-28-14-15-29-26(21-28)23-39(30(24-40)38-16-19-43-20-17-38)32(35-29)36-33(42)34-22-25-9-4-2-5-10-25/h2,4-5,9-10,14-15,21,24,27,30H,3,6-8,11-13,16-20,22-23H2,1H3,(H2,34,35,36,42). The average molecular weight is 605 g/mol. The maximum absolute atomic E-state index is 12.9. The minimum absolute atomic E-state index is 0.173. The van der Waals surface area contributed by atoms with Crippen molar-refractivity contribution in [3.05, 3.63) is 59.7 Å². The summed E-state index contributed by atoms with van der Waals surface area (Å²) in [4.78, 5) is 48.6. The van der Waals surface area contributed by atoms with Crippen LogP contribution in [-0.4, -0.2) is 91.0 Å². The van der Waals surface area contributed by atoms with Gasteiger partial charge < -0.3 is 24.6 Å². The molecule has 2 heterocycles. The molecule has 11 nitrogen and oxygen atoms in total. The van der Waals surface area contributed by atoms with Crippen LogP contribution in [0.3, 0.4) is 0 Å². The van der Waals surface area contributed by atoms with Crippen molar-refractivity contribution in [1.82, 2.24) is 25.3 Å². The fourth-order valence-electron chi connectivity index (χ4n) is 6.03. The number of nitrogens with zero attached hydrogens (tertiary/aromatic N) is 4. The highest BCUT2D eigenvalue weighted by atomic mass is 16.5. The minimum atomic E-state index is -0.628. The number of carbonyl (C=O) groups excluding carboxylic acids is 3. The van der Waals surface area contributed by atoms with Gasteiger partial charge in [-0.05, 0) is 43.0 Å². The molecule has 1 unspecified atom stereocenters. The summed E-state index contributed by atoms with van der Waals surface area (Å²) in [5, 5.41) is 5.75. The van der Waals surface area contributed by atoms with Crippen molar-refractivity contribution >= 4 is 29.9 Å². The Labute approximate surface area is 259 Å². The predicted octanol–water partition coefficient (Wildman–Crippen LogP) is 3.80. The maximum atomic E-state index is 12.9. The quantitative estimate of drug-likeness (QED) is 0.296. The van der Waals surface area contributed by atoms with E-state index < -0.39 is 12.2 Å². The lowest BCUT2D eigenvalue weighted by molar-refractivity contribution is -0.132. The van der Waals surface area contributed by atoms with Gasteiger partial charge in [-0.3, -0.25) is 19.8 Å². The van der Waals surface area contributed by atoms with Gasteiger partial charge in [0, 0.05) is 44.7 Å². The number of urea groups is 1. The minimum Gasteiger partial charge on any atom is -0.494 e. The van der Waals surface area contributed by atoms with Crippen LogP contribution in [0.4, 0.5) is 10.5 Å². The number of ether oxygens (including phenoxy) is 2. The zero-order valence-corrected chi connectivity index (χ0v) is 25.6. The topological polar surface area (TPSA) is 116 Å². The van der Waals surface area contributed by atoms with E-state index in [0.717, 1.165) is 30.3 Å². The van der Waals surface area contributed by atoms with Gasteiger partial charge in [0.2, 0.25) is 11.9 Å². The van der Waals surface area contributed by atoms with Crippen LogP contribution in [-0.2, 0) is 27.4 Å². The highest BCUT2D eigenvalue weighted by molar-refractivity contribution is 5.99. The Morgan fingerprint density at radius 3 is 2.64 bits per heavy atom. The Morgan fingerprint density at radius 2 is 1.89 bits per heavy atom. The molecule has 2 N–H and O–H groups in total. The first-order chi connectivity index (χ1) is 21.5. The van der Waals surface area contributed by atoms with E-state index in [1.165, 1.54) is 19.3 Å². The summed E-state index contributed by atoms with van der Waals surface area (Å²) in [7, 11) is 1.93. The lowest BCUT2D eigenvalue weighted by Crippen LogP contribution is -2.59. The summed E-state index contributed by atoms with van der Waals surface area (Å²) < 4.78 is 11.5. The van der Waals surface area contributed by atoms with E-state index in [-0.39, 0.29) is 5.91 Å². The van der Waals surface area contributed by atoms with Gasteiger partial charge >= 0.3 is 6.03 Å². The SMILES string of the molecule is CN(C(=O)CCCOc1ccc2c(c1)CN(C(C=O)N1CCOCC1)C(NC(=O)NCc1ccccc1)=N2)C1CCCCC1. The molecule has 5 rings (SSSR count). The average Bonchev–Trinajstić information content (AvgIpc) is 3.07. The largest absolute Gasteiger partial charge is 0.494 e. The molecule has 11 heteroatoms. The molecule has 44 heavy (non-hydrogen) atoms. The first-order valence-corrected chi connectivity index (χ1v) is 15.7. The van der Waals surface area contributed by atoms with Crippen LogP contribution >= 0.6 is 0 Å². The first-order valence-electron chi connectivity index (χ1n) is 15.7. The van der Waals surface area contributed by atoms with Crippen LogP contribution in [0.1, 0.15) is 56.1 Å². The molecule has 2 aromatic rings. The zero-order chi connectivity index (χ0) is 30.7. The fraction of sp³-hybridized carbons (Fsp3) is 0.515. The van der Waals surface area contributed by atoms with Crippen molar-refractivity contribution in [2.24, 2.45) is 4.99 Å². The number of carbonyl (C=O) groups is 3. The lowest BCUT2D eigenvalue weighted by atomic mass is 9.94. The van der Waals surface area contributed by atoms with E-state index in [1.807, 2.05) is 70.3 Å². The van der Waals surface area contributed by atoms with Crippen LogP contribution < -0.4 is 15.4 Å². The van der Waals surface area contributed by atoms with Gasteiger partial charge in [0.25, 0.3) is 0 Å². The molecule has 3 amide bonds. The molecule has 236 valence electrons. The maximum Gasteiger partial charge on any atom is 0.321 e. The second-order valence-corrected chi connectivity index (χ2v) is 11.6. The number of aldehydes is 1. The number of amides is 3. The van der Waals surface area contributed by atoms with E-state index in [4.69, 9.17) is 14.5 Å². The molecule has 0 bridgehead atoms. The molecule has 1 aliphatic carbocycles. The number of nitrogens with one attached hydrogen (secondary N) is 2. The molecule has 2 aromatic carbocycles. The molecule has 2 fully saturated rings. The van der Waals surface area contributed by atoms with Crippen LogP contribution in [0.25, 0.3) is 0 Å². The zero-order valence-electron chi connectivity index (χ0n) is 25.6. The van der Waals surface area contributed by atoms with Crippen molar-refractivity contribution in [2.75, 3.05) is 40.0 Å². The smallest absolute Gasteiger partial charge is 0.321 e. The summed E-state index contributed by atoms with van der Waals surface area (Å²) in [6, 6.07) is 15.2. The van der Waals surface area contributed by atoms with Crippen molar-refractivity contribution in [3.8, 4) is 5.75 Å². The number of rotatable bonds is 11. The Balaban J connectivity index is 1.23. The second kappa shape index (κ2) is 15.7. The van der Waals surface area contributed by atoms with Gasteiger partial charge in [0.05, 0.1) is 32.1 Å². The van der Waals surface area contributed by atoms with Gasteiger partial charge in [0.15, 0.2) is 6.29 Å². The summed E-state index contributed by atoms with van der Waals surface area (Å²) >= 11 is 0. The molecule has 0 aromatic heterocycles. The summed E-state index contributed by atoms with van der Waals surface area (Å²) in [6.07, 6.45) is 7.20. The summed E-state index contributed by atoms with van der Waals surface area (Å²) in [5.41, 5.74) is 2.55. The molecule has 0 spiro atoms. The monoisotopic (exact) mass is 604 g/mol. The fourth-order valence-corrected chi connectivity index (χ4v) is 6.03. The Bertz CT molecular complexity index is 1290. The lowest BCUT2D eigenvalue weighted by Gasteiger charge is -2.41. The van der Waals surface area contributed by atoms with Gasteiger partial charge in [0.1, 0.15) is 11.9 Å². The van der Waals surface area contributed by atoms with Crippen molar-refractivity contribution < 1.29 is 23.9 Å². The number of morpholine rings is 1. The number of guanidine groups is 1. The van der Waals surface area contributed by atoms with E-state index in [9.17, 15) is 14.4 Å².